The van der Waals surface area contributed by atoms with E-state index >= 15 is 0 Å². The minimum Gasteiger partial charge on any atom is -0.468 e. The summed E-state index contributed by atoms with van der Waals surface area (Å²) in [6.45, 7) is 6.56. The summed E-state index contributed by atoms with van der Waals surface area (Å²) in [4.78, 5) is 87.4. The van der Waals surface area contributed by atoms with Crippen LogP contribution in [0.5, 0.6) is 0 Å². The summed E-state index contributed by atoms with van der Waals surface area (Å²) in [7, 11) is 1.19. The van der Waals surface area contributed by atoms with Crippen LogP contribution in [-0.2, 0) is 33.5 Å². The highest BCUT2D eigenvalue weighted by Gasteiger charge is 2.22. The molecule has 15 nitrogen and oxygen atoms in total. The van der Waals surface area contributed by atoms with Crippen molar-refractivity contribution in [3.63, 3.8) is 0 Å². The molecule has 0 aliphatic rings. The van der Waals surface area contributed by atoms with Gasteiger partial charge in [0, 0.05) is 5.56 Å². The monoisotopic (exact) mass is 619 g/mol. The quantitative estimate of drug-likeness (QED) is 0.0737. The Kier molecular flexibility index (Phi) is 18.1. The molecule has 6 amide bonds. The fourth-order valence-electron chi connectivity index (χ4n) is 3.86. The number of esters is 1. The van der Waals surface area contributed by atoms with Crippen LogP contribution >= 0.6 is 0 Å². The van der Waals surface area contributed by atoms with Gasteiger partial charge in [0.15, 0.2) is 0 Å². The number of amides is 6. The van der Waals surface area contributed by atoms with Crippen LogP contribution in [0.1, 0.15) is 50.4 Å². The fraction of sp³-hybridized carbons (Fsp3) is 0.552. The van der Waals surface area contributed by atoms with Crippen molar-refractivity contribution >= 4 is 41.4 Å². The summed E-state index contributed by atoms with van der Waals surface area (Å²) in [6.07, 6.45) is 1.76. The van der Waals surface area contributed by atoms with Crippen LogP contribution in [0.2, 0.25) is 0 Å². The molecule has 0 spiro atoms. The van der Waals surface area contributed by atoms with Crippen molar-refractivity contribution in [2.45, 2.75) is 52.1 Å². The summed E-state index contributed by atoms with van der Waals surface area (Å²) in [5, 5.41) is 14.6. The van der Waals surface area contributed by atoms with Gasteiger partial charge in [0.2, 0.25) is 29.5 Å². The number of methoxy groups -OCH3 is 1. The van der Waals surface area contributed by atoms with Crippen molar-refractivity contribution < 1.29 is 38.3 Å². The molecule has 0 aliphatic carbocycles. The molecule has 15 heteroatoms. The normalized spacial score (nSPS) is 11.8. The Morgan fingerprint density at radius 1 is 0.727 bits per heavy atom. The van der Waals surface area contributed by atoms with Gasteiger partial charge in [-0.1, -0.05) is 32.0 Å². The first-order chi connectivity index (χ1) is 21.0. The van der Waals surface area contributed by atoms with Gasteiger partial charge >= 0.3 is 5.97 Å². The SMILES string of the molecule is CCN(CC)CCCC[C@H](NC(=O)CNC(=O)[C@H](C)NC(=O)CNC(=O)CNC(=O)c1ccccc1)C(=O)NCC(=O)OC. The zero-order chi connectivity index (χ0) is 32.9. The van der Waals surface area contributed by atoms with Gasteiger partial charge in [-0.3, -0.25) is 33.6 Å². The zero-order valence-corrected chi connectivity index (χ0v) is 25.8. The van der Waals surface area contributed by atoms with E-state index in [1.807, 2.05) is 0 Å². The van der Waals surface area contributed by atoms with Crippen molar-refractivity contribution in [2.75, 3.05) is 52.9 Å². The molecular weight excluding hydrogens is 574 g/mol. The second kappa shape index (κ2) is 21.2. The lowest BCUT2D eigenvalue weighted by atomic mass is 10.1. The second-order valence-corrected chi connectivity index (χ2v) is 9.77. The number of carbonyl (C=O) groups is 7. The maximum absolute atomic E-state index is 12.6. The Morgan fingerprint density at radius 3 is 1.95 bits per heavy atom. The lowest BCUT2D eigenvalue weighted by Gasteiger charge is -2.21. The third-order valence-corrected chi connectivity index (χ3v) is 6.48. The average Bonchev–Trinajstić information content (AvgIpc) is 3.03. The van der Waals surface area contributed by atoms with Crippen molar-refractivity contribution in [2.24, 2.45) is 0 Å². The number of ether oxygens (including phenoxy) is 1. The number of hydrogen-bond donors (Lipinski definition) is 6. The lowest BCUT2D eigenvalue weighted by Crippen LogP contribution is -2.52. The molecule has 1 aromatic carbocycles. The summed E-state index contributed by atoms with van der Waals surface area (Å²) in [5.41, 5.74) is 0.384. The van der Waals surface area contributed by atoms with Gasteiger partial charge < -0.3 is 41.5 Å². The Labute approximate surface area is 257 Å². The largest absolute Gasteiger partial charge is 0.468 e. The number of carbonyl (C=O) groups excluding carboxylic acids is 7. The van der Waals surface area contributed by atoms with Gasteiger partial charge in [-0.25, -0.2) is 0 Å². The first-order valence-electron chi connectivity index (χ1n) is 14.5. The van der Waals surface area contributed by atoms with Crippen LogP contribution in [0.25, 0.3) is 0 Å². The molecule has 0 saturated heterocycles. The summed E-state index contributed by atoms with van der Waals surface area (Å²) < 4.78 is 4.53. The van der Waals surface area contributed by atoms with Crippen molar-refractivity contribution in [3.8, 4) is 0 Å². The van der Waals surface area contributed by atoms with Crippen molar-refractivity contribution in [3.05, 3.63) is 35.9 Å². The van der Waals surface area contributed by atoms with Crippen molar-refractivity contribution in [1.82, 2.24) is 36.8 Å². The first kappa shape index (κ1) is 37.5. The molecule has 44 heavy (non-hydrogen) atoms. The minimum atomic E-state index is -1.04. The van der Waals surface area contributed by atoms with Crippen LogP contribution in [0.4, 0.5) is 0 Å². The van der Waals surface area contributed by atoms with Gasteiger partial charge in [-0.05, 0) is 58.0 Å². The van der Waals surface area contributed by atoms with E-state index in [4.69, 9.17) is 0 Å². The molecule has 244 valence electrons. The van der Waals surface area contributed by atoms with Crippen LogP contribution in [-0.4, -0.2) is 111 Å². The molecule has 0 heterocycles. The summed E-state index contributed by atoms with van der Waals surface area (Å²) in [6, 6.07) is 6.34. The molecule has 0 bridgehead atoms. The van der Waals surface area contributed by atoms with Crippen LogP contribution < -0.4 is 31.9 Å². The highest BCUT2D eigenvalue weighted by molar-refractivity contribution is 5.97. The van der Waals surface area contributed by atoms with E-state index in [1.54, 1.807) is 30.3 Å². The lowest BCUT2D eigenvalue weighted by molar-refractivity contribution is -0.141. The van der Waals surface area contributed by atoms with E-state index in [9.17, 15) is 33.6 Å². The average molecular weight is 620 g/mol. The van der Waals surface area contributed by atoms with E-state index < -0.39 is 66.6 Å². The summed E-state index contributed by atoms with van der Waals surface area (Å²) in [5.74, 6) is -4.20. The van der Waals surface area contributed by atoms with Gasteiger partial charge in [0.05, 0.1) is 26.7 Å². The van der Waals surface area contributed by atoms with E-state index in [1.165, 1.54) is 14.0 Å². The molecule has 1 aromatic rings. The maximum atomic E-state index is 12.6. The molecule has 0 aliphatic heterocycles. The van der Waals surface area contributed by atoms with Gasteiger partial charge in [0.1, 0.15) is 18.6 Å². The molecule has 2 atom stereocenters. The molecule has 0 radical (unpaired) electrons. The fourth-order valence-corrected chi connectivity index (χ4v) is 3.86. The highest BCUT2D eigenvalue weighted by atomic mass is 16.5. The topological polar surface area (TPSA) is 204 Å². The second-order valence-electron chi connectivity index (χ2n) is 9.77. The van der Waals surface area contributed by atoms with Crippen molar-refractivity contribution in [1.29, 1.82) is 0 Å². The van der Waals surface area contributed by atoms with E-state index in [-0.39, 0.29) is 13.1 Å². The molecule has 0 aromatic heterocycles. The number of hydrogen-bond acceptors (Lipinski definition) is 9. The van der Waals surface area contributed by atoms with E-state index in [0.29, 0.717) is 18.4 Å². The summed E-state index contributed by atoms with van der Waals surface area (Å²) >= 11 is 0. The Morgan fingerprint density at radius 2 is 1.32 bits per heavy atom. The van der Waals surface area contributed by atoms with E-state index in [0.717, 1.165) is 26.1 Å². The van der Waals surface area contributed by atoms with Crippen LogP contribution in [0, 0.1) is 0 Å². The van der Waals surface area contributed by atoms with Gasteiger partial charge in [-0.2, -0.15) is 0 Å². The number of unbranched alkanes of at least 4 members (excludes halogenated alkanes) is 1. The van der Waals surface area contributed by atoms with E-state index in [2.05, 4.69) is 55.4 Å². The first-order valence-corrected chi connectivity index (χ1v) is 14.5. The third kappa shape index (κ3) is 15.6. The molecule has 6 N–H and O–H groups in total. The maximum Gasteiger partial charge on any atom is 0.325 e. The predicted octanol–water partition coefficient (Wildman–Crippen LogP) is -1.56. The number of nitrogens with zero attached hydrogens (tertiary/aromatic N) is 1. The predicted molar refractivity (Wildman–Crippen MR) is 161 cm³/mol. The Balaban J connectivity index is 2.47. The smallest absolute Gasteiger partial charge is 0.325 e. The Hall–Kier alpha value is -4.53. The molecule has 0 unspecified atom stereocenters. The standard InChI is InChI=1S/C29H45N7O8/c1-5-36(6-2)15-11-10-14-22(29(43)33-19-26(40)44-4)35-25(39)18-31-27(41)20(3)34-24(38)17-30-23(37)16-32-28(42)21-12-8-7-9-13-21/h7-9,12-13,20,22H,5-6,10-11,14-19H2,1-4H3,(H,30,37)(H,31,41)(H,32,42)(H,33,43)(H,34,38)(H,35,39)/t20-,22-/m0/s1. The molecule has 0 fully saturated rings. The third-order valence-electron chi connectivity index (χ3n) is 6.48. The number of nitrogens with one attached hydrogen (secondary N) is 6. The van der Waals surface area contributed by atoms with Gasteiger partial charge in [0.25, 0.3) is 5.91 Å². The van der Waals surface area contributed by atoms with Crippen LogP contribution in [0.15, 0.2) is 30.3 Å². The number of benzene rings is 1. The number of rotatable bonds is 20. The zero-order valence-electron chi connectivity index (χ0n) is 25.8. The molecule has 0 saturated carbocycles. The minimum absolute atomic E-state index is 0.322. The highest BCUT2D eigenvalue weighted by Crippen LogP contribution is 2.04. The Bertz CT molecular complexity index is 1110. The molecule has 1 rings (SSSR count). The van der Waals surface area contributed by atoms with Gasteiger partial charge in [-0.15, -0.1) is 0 Å². The van der Waals surface area contributed by atoms with Crippen LogP contribution in [0.3, 0.4) is 0 Å². The molecular formula is C29H45N7O8.